The first-order chi connectivity index (χ1) is 26.8. The van der Waals surface area contributed by atoms with Crippen LogP contribution in [0.15, 0.2) is 72.8 Å². The number of hydrogen-bond donors (Lipinski definition) is 2. The molecule has 308 valence electrons. The molecule has 2 aliphatic heterocycles. The van der Waals surface area contributed by atoms with Gasteiger partial charge >= 0.3 is 18.4 Å². The van der Waals surface area contributed by atoms with Crippen molar-refractivity contribution in [3.05, 3.63) is 95.1 Å². The molecule has 57 heavy (non-hydrogen) atoms. The van der Waals surface area contributed by atoms with Gasteiger partial charge in [-0.2, -0.15) is 13.2 Å². The number of piperidine rings is 1. The minimum absolute atomic E-state index is 0.0355. The number of aliphatic hydroxyl groups excluding tert-OH is 1. The Morgan fingerprint density at radius 3 is 2.16 bits per heavy atom. The summed E-state index contributed by atoms with van der Waals surface area (Å²) in [5.74, 6) is -2.19. The number of fused-ring (bicyclic) bond motifs is 1. The zero-order valence-corrected chi connectivity index (χ0v) is 33.1. The molecule has 5 rings (SSSR count). The lowest BCUT2D eigenvalue weighted by atomic mass is 9.76. The van der Waals surface area contributed by atoms with E-state index in [2.05, 4.69) is 0 Å². The summed E-state index contributed by atoms with van der Waals surface area (Å²) in [7, 11) is 0. The lowest BCUT2D eigenvalue weighted by Gasteiger charge is -2.51. The zero-order valence-electron chi connectivity index (χ0n) is 33.1. The van der Waals surface area contributed by atoms with Crippen molar-refractivity contribution in [3.63, 3.8) is 0 Å². The predicted molar refractivity (Wildman–Crippen MR) is 206 cm³/mol. The molecule has 0 saturated carbocycles. The molecule has 4 amide bonds. The SMILES string of the molecule is CC(C)N(C(=O)c1cc2c(cc1C(F)(F)F)OC(C)(CO)C(=O)N2CCN(Cc1ccccc1)C(=O)OCc1ccccc1)[C@@H]1CCCN(C(=O)O)C1C(C)(C)C. The lowest BCUT2D eigenvalue weighted by Crippen LogP contribution is -2.63. The van der Waals surface area contributed by atoms with E-state index < -0.39 is 82.8 Å². The van der Waals surface area contributed by atoms with Gasteiger partial charge in [-0.15, -0.1) is 0 Å². The zero-order chi connectivity index (χ0) is 41.9. The second-order valence-corrected chi connectivity index (χ2v) is 16.1. The van der Waals surface area contributed by atoms with E-state index in [-0.39, 0.29) is 38.5 Å². The van der Waals surface area contributed by atoms with Crippen molar-refractivity contribution >= 4 is 29.7 Å². The van der Waals surface area contributed by atoms with Crippen LogP contribution in [0, 0.1) is 5.41 Å². The highest BCUT2D eigenvalue weighted by molar-refractivity contribution is 6.05. The Bertz CT molecular complexity index is 1920. The van der Waals surface area contributed by atoms with Crippen LogP contribution in [-0.4, -0.2) is 98.9 Å². The van der Waals surface area contributed by atoms with Crippen LogP contribution >= 0.6 is 0 Å². The van der Waals surface area contributed by atoms with E-state index in [0.29, 0.717) is 18.9 Å². The highest BCUT2D eigenvalue weighted by Gasteiger charge is 2.50. The molecule has 3 aromatic rings. The molecule has 0 spiro atoms. The summed E-state index contributed by atoms with van der Waals surface area (Å²) in [6.07, 6.45) is -6.22. The molecule has 3 atom stereocenters. The van der Waals surface area contributed by atoms with E-state index in [1.165, 1.54) is 21.6 Å². The van der Waals surface area contributed by atoms with E-state index >= 15 is 13.2 Å². The fraction of sp³-hybridized carbons (Fsp3) is 0.476. The third-order valence-electron chi connectivity index (χ3n) is 10.4. The number of carbonyl (C=O) groups is 4. The molecule has 0 aromatic heterocycles. The first-order valence-electron chi connectivity index (χ1n) is 19.0. The van der Waals surface area contributed by atoms with Crippen LogP contribution in [0.2, 0.25) is 0 Å². The van der Waals surface area contributed by atoms with Gasteiger partial charge in [-0.1, -0.05) is 81.4 Å². The van der Waals surface area contributed by atoms with Crippen molar-refractivity contribution in [1.82, 2.24) is 14.7 Å². The molecule has 12 nitrogen and oxygen atoms in total. The number of anilines is 1. The molecular formula is C42H51F3N4O8. The highest BCUT2D eigenvalue weighted by atomic mass is 19.4. The molecule has 1 fully saturated rings. The first kappa shape index (κ1) is 42.8. The summed E-state index contributed by atoms with van der Waals surface area (Å²) in [5.41, 5.74) is -3.44. The van der Waals surface area contributed by atoms with Gasteiger partial charge in [0.05, 0.1) is 35.5 Å². The number of carboxylic acid groups (broad SMARTS) is 1. The van der Waals surface area contributed by atoms with Crippen LogP contribution in [0.3, 0.4) is 0 Å². The number of benzene rings is 3. The van der Waals surface area contributed by atoms with Gasteiger partial charge in [0.25, 0.3) is 11.8 Å². The van der Waals surface area contributed by atoms with Crippen molar-refractivity contribution in [2.75, 3.05) is 31.1 Å². The van der Waals surface area contributed by atoms with E-state index in [1.807, 2.05) is 32.9 Å². The molecule has 2 unspecified atom stereocenters. The van der Waals surface area contributed by atoms with Gasteiger partial charge in [0.1, 0.15) is 12.4 Å². The molecule has 3 aromatic carbocycles. The summed E-state index contributed by atoms with van der Waals surface area (Å²) in [4.78, 5) is 59.9. The van der Waals surface area contributed by atoms with Crippen molar-refractivity contribution in [2.24, 2.45) is 5.41 Å². The van der Waals surface area contributed by atoms with Crippen LogP contribution in [0.5, 0.6) is 5.75 Å². The first-order valence-corrected chi connectivity index (χ1v) is 19.0. The highest BCUT2D eigenvalue weighted by Crippen LogP contribution is 2.45. The fourth-order valence-corrected chi connectivity index (χ4v) is 7.78. The Morgan fingerprint density at radius 2 is 1.61 bits per heavy atom. The predicted octanol–water partition coefficient (Wildman–Crippen LogP) is 7.43. The maximum atomic E-state index is 15.0. The van der Waals surface area contributed by atoms with Gasteiger partial charge in [0.15, 0.2) is 0 Å². The van der Waals surface area contributed by atoms with Crippen LogP contribution in [-0.2, 0) is 28.9 Å². The molecule has 15 heteroatoms. The number of ether oxygens (including phenoxy) is 2. The van der Waals surface area contributed by atoms with Gasteiger partial charge in [-0.25, -0.2) is 9.59 Å². The normalized spacial score (nSPS) is 19.8. The number of hydrogen-bond acceptors (Lipinski definition) is 7. The number of aliphatic hydroxyl groups is 1. The van der Waals surface area contributed by atoms with Crippen molar-refractivity contribution < 1.29 is 52.0 Å². The Kier molecular flexibility index (Phi) is 12.8. The van der Waals surface area contributed by atoms with Crippen molar-refractivity contribution in [2.45, 2.75) is 97.4 Å². The number of halogens is 3. The van der Waals surface area contributed by atoms with Gasteiger partial charge in [-0.05, 0) is 62.3 Å². The van der Waals surface area contributed by atoms with E-state index in [1.54, 1.807) is 62.4 Å². The molecule has 1 saturated heterocycles. The third-order valence-corrected chi connectivity index (χ3v) is 10.4. The summed E-state index contributed by atoms with van der Waals surface area (Å²) < 4.78 is 56.5. The number of carbonyl (C=O) groups excluding carboxylic acids is 3. The van der Waals surface area contributed by atoms with Crippen molar-refractivity contribution in [3.8, 4) is 5.75 Å². The molecule has 0 aliphatic carbocycles. The molecule has 0 radical (unpaired) electrons. The van der Waals surface area contributed by atoms with Gasteiger partial charge < -0.3 is 39.3 Å². The number of likely N-dealkylation sites (tertiary alicyclic amines) is 1. The largest absolute Gasteiger partial charge is 0.473 e. The van der Waals surface area contributed by atoms with Gasteiger partial charge in [-0.3, -0.25) is 9.59 Å². The Morgan fingerprint density at radius 1 is 1.00 bits per heavy atom. The summed E-state index contributed by atoms with van der Waals surface area (Å²) >= 11 is 0. The fourth-order valence-electron chi connectivity index (χ4n) is 7.78. The molecule has 0 bridgehead atoms. The van der Waals surface area contributed by atoms with Crippen LogP contribution in [0.4, 0.5) is 28.4 Å². The Labute approximate surface area is 330 Å². The smallest absolute Gasteiger partial charge is 0.417 e. The maximum absolute atomic E-state index is 15.0. The summed E-state index contributed by atoms with van der Waals surface area (Å²) in [6.45, 7) is 8.98. The van der Waals surface area contributed by atoms with Crippen molar-refractivity contribution in [1.29, 1.82) is 0 Å². The van der Waals surface area contributed by atoms with Gasteiger partial charge in [0, 0.05) is 32.2 Å². The van der Waals surface area contributed by atoms with Crippen LogP contribution in [0.1, 0.15) is 81.4 Å². The lowest BCUT2D eigenvalue weighted by molar-refractivity contribution is -0.139. The van der Waals surface area contributed by atoms with Crippen LogP contribution in [0.25, 0.3) is 0 Å². The standard InChI is InChI=1S/C42H51F3N4O8/c1-27(2)49(32-18-13-19-48(38(53)54)35(32)40(3,4)5)36(51)30-22-33-34(23-31(30)42(43,44)45)57-41(6,26-50)37(52)47(33)21-20-46(24-28-14-9-7-10-15-28)39(55)56-25-29-16-11-8-12-17-29/h7-12,14-17,22-23,27,32,35,50H,13,18-21,24-26H2,1-6H3,(H,53,54)/t32-,35?,41?/m1/s1. The Hall–Kier alpha value is -5.31. The van der Waals surface area contributed by atoms with E-state index in [4.69, 9.17) is 9.47 Å². The molecular weight excluding hydrogens is 745 g/mol. The Balaban J connectivity index is 1.57. The third kappa shape index (κ3) is 9.46. The average molecular weight is 797 g/mol. The monoisotopic (exact) mass is 796 g/mol. The number of amides is 4. The second-order valence-electron chi connectivity index (χ2n) is 16.1. The number of nitrogens with zero attached hydrogens (tertiary/aromatic N) is 4. The molecule has 2 heterocycles. The molecule has 2 N–H and O–H groups in total. The minimum atomic E-state index is -5.06. The van der Waals surface area contributed by atoms with E-state index in [9.17, 15) is 29.4 Å². The minimum Gasteiger partial charge on any atom is -0.473 e. The quantitative estimate of drug-likeness (QED) is 0.204. The summed E-state index contributed by atoms with van der Waals surface area (Å²) in [6, 6.07) is 17.5. The molecule has 2 aliphatic rings. The topological polar surface area (TPSA) is 140 Å². The van der Waals surface area contributed by atoms with Crippen LogP contribution < -0.4 is 9.64 Å². The maximum Gasteiger partial charge on any atom is 0.417 e. The second kappa shape index (κ2) is 17.0. The van der Waals surface area contributed by atoms with E-state index in [0.717, 1.165) is 22.1 Å². The average Bonchev–Trinajstić information content (AvgIpc) is 3.16. The number of rotatable bonds is 11. The van der Waals surface area contributed by atoms with Gasteiger partial charge in [0.2, 0.25) is 5.60 Å². The number of alkyl halides is 3. The summed E-state index contributed by atoms with van der Waals surface area (Å²) in [5, 5.41) is 20.4.